The highest BCUT2D eigenvalue weighted by molar-refractivity contribution is 5.78. The van der Waals surface area contributed by atoms with Gasteiger partial charge in [-0.2, -0.15) is 0 Å². The molecule has 20 heavy (non-hydrogen) atoms. The monoisotopic (exact) mass is 271 g/mol. The van der Waals surface area contributed by atoms with Crippen molar-refractivity contribution in [2.45, 2.75) is 19.9 Å². The van der Waals surface area contributed by atoms with E-state index in [1.165, 1.54) is 12.1 Å². The number of nitrogens with one attached hydrogen (secondary N) is 1. The molecule has 3 N–H and O–H groups in total. The summed E-state index contributed by atoms with van der Waals surface area (Å²) < 4.78 is 0. The van der Waals surface area contributed by atoms with Crippen molar-refractivity contribution in [3.05, 3.63) is 59.2 Å². The topological polar surface area (TPSA) is 69.6 Å². The van der Waals surface area contributed by atoms with E-state index in [4.69, 9.17) is 0 Å². The van der Waals surface area contributed by atoms with E-state index < -0.39 is 0 Å². The van der Waals surface area contributed by atoms with Gasteiger partial charge in [0, 0.05) is 6.54 Å². The van der Waals surface area contributed by atoms with E-state index in [0.29, 0.717) is 12.1 Å². The third-order valence-corrected chi connectivity index (χ3v) is 3.14. The number of amides is 1. The van der Waals surface area contributed by atoms with E-state index >= 15 is 0 Å². The molecule has 104 valence electrons. The minimum Gasteiger partial charge on any atom is -0.504 e. The first-order chi connectivity index (χ1) is 9.56. The van der Waals surface area contributed by atoms with Gasteiger partial charge in [-0.15, -0.1) is 0 Å². The van der Waals surface area contributed by atoms with Crippen LogP contribution in [0.3, 0.4) is 0 Å². The molecule has 2 aromatic carbocycles. The van der Waals surface area contributed by atoms with Crippen LogP contribution in [0.4, 0.5) is 0 Å². The molecule has 0 aliphatic heterocycles. The second kappa shape index (κ2) is 6.10. The number of phenolic OH excluding ortho intramolecular Hbond substituents is 2. The predicted molar refractivity (Wildman–Crippen MR) is 76.5 cm³/mol. The first-order valence-electron chi connectivity index (χ1n) is 6.38. The van der Waals surface area contributed by atoms with E-state index in [2.05, 4.69) is 5.32 Å². The summed E-state index contributed by atoms with van der Waals surface area (Å²) in [6.45, 7) is 2.48. The van der Waals surface area contributed by atoms with Crippen LogP contribution in [0.25, 0.3) is 0 Å². The molecule has 0 unspecified atom stereocenters. The summed E-state index contributed by atoms with van der Waals surface area (Å²) in [6.07, 6.45) is 0.166. The SMILES string of the molecule is Cc1ccccc1CNC(=O)Cc1ccc(O)c(O)c1. The maximum absolute atomic E-state index is 11.8. The lowest BCUT2D eigenvalue weighted by Gasteiger charge is -2.08. The maximum Gasteiger partial charge on any atom is 0.224 e. The zero-order valence-electron chi connectivity index (χ0n) is 11.3. The fourth-order valence-corrected chi connectivity index (χ4v) is 1.93. The van der Waals surface area contributed by atoms with Crippen LogP contribution in [0.1, 0.15) is 16.7 Å². The highest BCUT2D eigenvalue weighted by Crippen LogP contribution is 2.24. The van der Waals surface area contributed by atoms with E-state index in [1.54, 1.807) is 6.07 Å². The van der Waals surface area contributed by atoms with Crippen LogP contribution in [-0.4, -0.2) is 16.1 Å². The average molecular weight is 271 g/mol. The number of hydrogen-bond donors (Lipinski definition) is 3. The van der Waals surface area contributed by atoms with Crippen LogP contribution in [0.5, 0.6) is 11.5 Å². The van der Waals surface area contributed by atoms with Crippen LogP contribution >= 0.6 is 0 Å². The quantitative estimate of drug-likeness (QED) is 0.747. The lowest BCUT2D eigenvalue weighted by atomic mass is 10.1. The largest absolute Gasteiger partial charge is 0.504 e. The molecule has 0 fully saturated rings. The van der Waals surface area contributed by atoms with Gasteiger partial charge in [0.05, 0.1) is 6.42 Å². The summed E-state index contributed by atoms with van der Waals surface area (Å²) in [6, 6.07) is 12.2. The maximum atomic E-state index is 11.8. The Kier molecular flexibility index (Phi) is 4.25. The highest BCUT2D eigenvalue weighted by atomic mass is 16.3. The Bertz CT molecular complexity index is 623. The molecule has 0 saturated heterocycles. The minimum atomic E-state index is -0.214. The molecule has 0 bridgehead atoms. The number of carbonyl (C=O) groups excluding carboxylic acids is 1. The molecular weight excluding hydrogens is 254 g/mol. The number of aryl methyl sites for hydroxylation is 1. The summed E-state index contributed by atoms with van der Waals surface area (Å²) in [5.41, 5.74) is 2.87. The first-order valence-corrected chi connectivity index (χ1v) is 6.38. The molecule has 0 saturated carbocycles. The molecule has 0 spiro atoms. The molecule has 0 atom stereocenters. The Labute approximate surface area is 117 Å². The number of hydrogen-bond acceptors (Lipinski definition) is 3. The van der Waals surface area contributed by atoms with Gasteiger partial charge in [-0.1, -0.05) is 30.3 Å². The molecule has 4 nitrogen and oxygen atoms in total. The van der Waals surface area contributed by atoms with E-state index in [1.807, 2.05) is 31.2 Å². The van der Waals surface area contributed by atoms with Gasteiger partial charge in [0.2, 0.25) is 5.91 Å². The first kappa shape index (κ1) is 13.9. The average Bonchev–Trinajstić information content (AvgIpc) is 2.42. The number of aromatic hydroxyl groups is 2. The van der Waals surface area contributed by atoms with Crippen LogP contribution < -0.4 is 5.32 Å². The van der Waals surface area contributed by atoms with Gasteiger partial charge in [-0.3, -0.25) is 4.79 Å². The second-order valence-electron chi connectivity index (χ2n) is 4.70. The lowest BCUT2D eigenvalue weighted by Crippen LogP contribution is -2.24. The molecule has 1 amide bonds. The van der Waals surface area contributed by atoms with Crippen molar-refractivity contribution < 1.29 is 15.0 Å². The minimum absolute atomic E-state index is 0.127. The van der Waals surface area contributed by atoms with Crippen molar-refractivity contribution in [1.29, 1.82) is 0 Å². The Morgan fingerprint density at radius 1 is 1.10 bits per heavy atom. The summed E-state index contributed by atoms with van der Waals surface area (Å²) in [4.78, 5) is 11.8. The van der Waals surface area contributed by atoms with Crippen molar-refractivity contribution in [1.82, 2.24) is 5.32 Å². The fourth-order valence-electron chi connectivity index (χ4n) is 1.93. The van der Waals surface area contributed by atoms with Crippen molar-refractivity contribution in [2.24, 2.45) is 0 Å². The number of carbonyl (C=O) groups is 1. The molecule has 0 heterocycles. The fraction of sp³-hybridized carbons (Fsp3) is 0.188. The number of phenols is 2. The predicted octanol–water partition coefficient (Wildman–Crippen LogP) is 2.27. The third kappa shape index (κ3) is 3.51. The molecule has 2 rings (SSSR count). The molecule has 4 heteroatoms. The molecular formula is C16H17NO3. The van der Waals surface area contributed by atoms with Crippen molar-refractivity contribution in [3.8, 4) is 11.5 Å². The smallest absolute Gasteiger partial charge is 0.224 e. The molecule has 0 aromatic heterocycles. The van der Waals surface area contributed by atoms with Gasteiger partial charge < -0.3 is 15.5 Å². The Morgan fingerprint density at radius 3 is 2.55 bits per heavy atom. The van der Waals surface area contributed by atoms with E-state index in [-0.39, 0.29) is 23.8 Å². The van der Waals surface area contributed by atoms with Crippen molar-refractivity contribution in [3.63, 3.8) is 0 Å². The Balaban J connectivity index is 1.93. The summed E-state index contributed by atoms with van der Waals surface area (Å²) in [5, 5.41) is 21.4. The van der Waals surface area contributed by atoms with Crippen LogP contribution in [0.2, 0.25) is 0 Å². The zero-order valence-corrected chi connectivity index (χ0v) is 11.3. The van der Waals surface area contributed by atoms with Gasteiger partial charge in [0.25, 0.3) is 0 Å². The van der Waals surface area contributed by atoms with Crippen LogP contribution in [0, 0.1) is 6.92 Å². The van der Waals surface area contributed by atoms with Crippen molar-refractivity contribution >= 4 is 5.91 Å². The van der Waals surface area contributed by atoms with E-state index in [9.17, 15) is 15.0 Å². The Hall–Kier alpha value is -2.49. The second-order valence-corrected chi connectivity index (χ2v) is 4.70. The van der Waals surface area contributed by atoms with E-state index in [0.717, 1.165) is 11.1 Å². The van der Waals surface area contributed by atoms with Crippen molar-refractivity contribution in [2.75, 3.05) is 0 Å². The van der Waals surface area contributed by atoms with Gasteiger partial charge in [0.1, 0.15) is 0 Å². The van der Waals surface area contributed by atoms with Crippen LogP contribution in [-0.2, 0) is 17.8 Å². The van der Waals surface area contributed by atoms with Crippen LogP contribution in [0.15, 0.2) is 42.5 Å². The molecule has 0 radical (unpaired) electrons. The third-order valence-electron chi connectivity index (χ3n) is 3.14. The highest BCUT2D eigenvalue weighted by Gasteiger charge is 2.06. The number of benzene rings is 2. The number of rotatable bonds is 4. The molecule has 0 aliphatic rings. The Morgan fingerprint density at radius 2 is 1.85 bits per heavy atom. The van der Waals surface area contributed by atoms with Gasteiger partial charge in [-0.05, 0) is 35.7 Å². The summed E-state index contributed by atoms with van der Waals surface area (Å²) in [7, 11) is 0. The summed E-state index contributed by atoms with van der Waals surface area (Å²) in [5.74, 6) is -0.526. The zero-order chi connectivity index (χ0) is 14.5. The molecule has 2 aromatic rings. The normalized spacial score (nSPS) is 10.2. The standard InChI is InChI=1S/C16H17NO3/c1-11-4-2-3-5-13(11)10-17-16(20)9-12-6-7-14(18)15(19)8-12/h2-8,18-19H,9-10H2,1H3,(H,17,20). The summed E-state index contributed by atoms with van der Waals surface area (Å²) >= 11 is 0. The lowest BCUT2D eigenvalue weighted by molar-refractivity contribution is -0.120. The van der Waals surface area contributed by atoms with Gasteiger partial charge in [0.15, 0.2) is 11.5 Å². The van der Waals surface area contributed by atoms with Gasteiger partial charge in [-0.25, -0.2) is 0 Å². The molecule has 0 aliphatic carbocycles. The van der Waals surface area contributed by atoms with Gasteiger partial charge >= 0.3 is 0 Å².